The second kappa shape index (κ2) is 4.13. The van der Waals surface area contributed by atoms with E-state index in [0.717, 1.165) is 6.54 Å². The predicted molar refractivity (Wildman–Crippen MR) is 42.1 cm³/mol. The molecule has 0 aliphatic carbocycles. The molecule has 0 aromatic carbocycles. The van der Waals surface area contributed by atoms with Crippen LogP contribution in [0.25, 0.3) is 0 Å². The van der Waals surface area contributed by atoms with E-state index in [1.54, 1.807) is 0 Å². The summed E-state index contributed by atoms with van der Waals surface area (Å²) in [5.74, 6) is -0.209. The standard InChI is InChI=1S/C8H13NO2/c1-2-11-8(10)7-4-3-5-9-6-7/h3-4,7,9H,2,5-6H2,1H3. The Morgan fingerprint density at radius 3 is 3.18 bits per heavy atom. The summed E-state index contributed by atoms with van der Waals surface area (Å²) in [7, 11) is 0. The maximum atomic E-state index is 11.1. The van der Waals surface area contributed by atoms with Crippen molar-refractivity contribution in [1.82, 2.24) is 5.32 Å². The number of ether oxygens (including phenoxy) is 1. The van der Waals surface area contributed by atoms with Crippen LogP contribution in [0.5, 0.6) is 0 Å². The van der Waals surface area contributed by atoms with Crippen LogP contribution in [-0.4, -0.2) is 25.7 Å². The monoisotopic (exact) mass is 155 g/mol. The average molecular weight is 155 g/mol. The summed E-state index contributed by atoms with van der Waals surface area (Å²) in [5, 5.41) is 3.09. The van der Waals surface area contributed by atoms with Gasteiger partial charge in [0.1, 0.15) is 0 Å². The van der Waals surface area contributed by atoms with E-state index in [4.69, 9.17) is 4.74 Å². The summed E-state index contributed by atoms with van der Waals surface area (Å²) in [6.07, 6.45) is 3.85. The normalized spacial score (nSPS) is 23.2. The van der Waals surface area contributed by atoms with Crippen LogP contribution in [0.2, 0.25) is 0 Å². The lowest BCUT2D eigenvalue weighted by atomic mass is 10.1. The number of nitrogens with one attached hydrogen (secondary N) is 1. The Morgan fingerprint density at radius 2 is 2.64 bits per heavy atom. The van der Waals surface area contributed by atoms with Gasteiger partial charge >= 0.3 is 5.97 Å². The fraction of sp³-hybridized carbons (Fsp3) is 0.625. The van der Waals surface area contributed by atoms with Crippen LogP contribution in [0.3, 0.4) is 0 Å². The highest BCUT2D eigenvalue weighted by molar-refractivity contribution is 5.74. The molecule has 1 unspecified atom stereocenters. The van der Waals surface area contributed by atoms with Crippen molar-refractivity contribution >= 4 is 5.97 Å². The number of hydrogen-bond acceptors (Lipinski definition) is 3. The van der Waals surface area contributed by atoms with E-state index < -0.39 is 0 Å². The van der Waals surface area contributed by atoms with Crippen molar-refractivity contribution in [1.29, 1.82) is 0 Å². The molecule has 0 aromatic heterocycles. The van der Waals surface area contributed by atoms with Crippen LogP contribution < -0.4 is 5.32 Å². The van der Waals surface area contributed by atoms with E-state index in [-0.39, 0.29) is 11.9 Å². The van der Waals surface area contributed by atoms with Crippen molar-refractivity contribution in [3.8, 4) is 0 Å². The highest BCUT2D eigenvalue weighted by Gasteiger charge is 2.17. The van der Waals surface area contributed by atoms with Gasteiger partial charge in [-0.25, -0.2) is 0 Å². The van der Waals surface area contributed by atoms with Gasteiger partial charge in [-0.15, -0.1) is 0 Å². The molecule has 1 aliphatic heterocycles. The van der Waals surface area contributed by atoms with Crippen LogP contribution in [0.15, 0.2) is 12.2 Å². The summed E-state index contributed by atoms with van der Waals surface area (Å²) in [5.41, 5.74) is 0. The molecule has 0 saturated carbocycles. The van der Waals surface area contributed by atoms with Crippen LogP contribution in [-0.2, 0) is 9.53 Å². The Hall–Kier alpha value is -0.830. The Bertz CT molecular complexity index is 165. The van der Waals surface area contributed by atoms with E-state index in [2.05, 4.69) is 5.32 Å². The molecule has 0 spiro atoms. The molecule has 62 valence electrons. The molecular weight excluding hydrogens is 142 g/mol. The van der Waals surface area contributed by atoms with Gasteiger partial charge in [0.2, 0.25) is 0 Å². The summed E-state index contributed by atoms with van der Waals surface area (Å²) < 4.78 is 4.85. The zero-order chi connectivity index (χ0) is 8.10. The summed E-state index contributed by atoms with van der Waals surface area (Å²) in [6.45, 7) is 3.84. The molecule has 0 aromatic rings. The van der Waals surface area contributed by atoms with Gasteiger partial charge in [-0.05, 0) is 6.92 Å². The number of carbonyl (C=O) groups excluding carboxylic acids is 1. The smallest absolute Gasteiger partial charge is 0.314 e. The van der Waals surface area contributed by atoms with Crippen molar-refractivity contribution in [3.63, 3.8) is 0 Å². The molecule has 3 heteroatoms. The molecule has 1 N–H and O–H groups in total. The van der Waals surface area contributed by atoms with Gasteiger partial charge in [-0.3, -0.25) is 4.79 Å². The lowest BCUT2D eigenvalue weighted by Crippen LogP contribution is -2.32. The van der Waals surface area contributed by atoms with Gasteiger partial charge in [-0.1, -0.05) is 12.2 Å². The zero-order valence-electron chi connectivity index (χ0n) is 6.67. The topological polar surface area (TPSA) is 38.3 Å². The van der Waals surface area contributed by atoms with E-state index in [1.807, 2.05) is 19.1 Å². The van der Waals surface area contributed by atoms with E-state index in [0.29, 0.717) is 13.2 Å². The molecule has 0 bridgehead atoms. The van der Waals surface area contributed by atoms with Crippen molar-refractivity contribution in [3.05, 3.63) is 12.2 Å². The minimum Gasteiger partial charge on any atom is -0.466 e. The maximum Gasteiger partial charge on any atom is 0.314 e. The molecular formula is C8H13NO2. The molecule has 0 fully saturated rings. The van der Waals surface area contributed by atoms with Crippen molar-refractivity contribution in [2.45, 2.75) is 6.92 Å². The first-order valence-corrected chi connectivity index (χ1v) is 3.88. The number of rotatable bonds is 2. The molecule has 1 rings (SSSR count). The Balaban J connectivity index is 2.39. The minimum atomic E-state index is -0.129. The van der Waals surface area contributed by atoms with Crippen LogP contribution in [0, 0.1) is 5.92 Å². The van der Waals surface area contributed by atoms with Gasteiger partial charge in [0.05, 0.1) is 12.5 Å². The zero-order valence-corrected chi connectivity index (χ0v) is 6.67. The van der Waals surface area contributed by atoms with Crippen molar-refractivity contribution in [2.24, 2.45) is 5.92 Å². The van der Waals surface area contributed by atoms with Gasteiger partial charge in [0.15, 0.2) is 0 Å². The fourth-order valence-electron chi connectivity index (χ4n) is 1.03. The third-order valence-electron chi connectivity index (χ3n) is 1.58. The Kier molecular flexibility index (Phi) is 3.11. The molecule has 1 atom stereocenters. The molecule has 3 nitrogen and oxygen atoms in total. The molecule has 0 saturated heterocycles. The van der Waals surface area contributed by atoms with Gasteiger partial charge in [0.25, 0.3) is 0 Å². The summed E-state index contributed by atoms with van der Waals surface area (Å²) >= 11 is 0. The first kappa shape index (κ1) is 8.27. The maximum absolute atomic E-state index is 11.1. The summed E-state index contributed by atoms with van der Waals surface area (Å²) in [4.78, 5) is 11.1. The van der Waals surface area contributed by atoms with Crippen LogP contribution in [0.1, 0.15) is 6.92 Å². The Morgan fingerprint density at radius 1 is 1.82 bits per heavy atom. The third kappa shape index (κ3) is 2.35. The lowest BCUT2D eigenvalue weighted by molar-refractivity contribution is -0.146. The Labute approximate surface area is 66.4 Å². The quantitative estimate of drug-likeness (QED) is 0.461. The SMILES string of the molecule is CCOC(=O)C1C=CCNC1. The van der Waals surface area contributed by atoms with E-state index in [1.165, 1.54) is 0 Å². The first-order valence-electron chi connectivity index (χ1n) is 3.88. The highest BCUT2D eigenvalue weighted by Crippen LogP contribution is 2.03. The fourth-order valence-corrected chi connectivity index (χ4v) is 1.03. The molecule has 1 heterocycles. The number of hydrogen-bond donors (Lipinski definition) is 1. The van der Waals surface area contributed by atoms with Crippen LogP contribution in [0.4, 0.5) is 0 Å². The van der Waals surface area contributed by atoms with E-state index >= 15 is 0 Å². The lowest BCUT2D eigenvalue weighted by Gasteiger charge is -2.15. The average Bonchev–Trinajstić information content (AvgIpc) is 2.07. The first-order chi connectivity index (χ1) is 5.34. The number of carbonyl (C=O) groups is 1. The van der Waals surface area contributed by atoms with Gasteiger partial charge in [0, 0.05) is 13.1 Å². The summed E-state index contributed by atoms with van der Waals surface area (Å²) in [6, 6.07) is 0. The molecule has 0 amide bonds. The highest BCUT2D eigenvalue weighted by atomic mass is 16.5. The third-order valence-corrected chi connectivity index (χ3v) is 1.58. The van der Waals surface area contributed by atoms with Crippen LogP contribution >= 0.6 is 0 Å². The predicted octanol–water partition coefficient (Wildman–Crippen LogP) is 0.325. The molecule has 0 radical (unpaired) electrons. The van der Waals surface area contributed by atoms with E-state index in [9.17, 15) is 4.79 Å². The second-order valence-electron chi connectivity index (χ2n) is 2.44. The van der Waals surface area contributed by atoms with Gasteiger partial charge < -0.3 is 10.1 Å². The number of esters is 1. The largest absolute Gasteiger partial charge is 0.466 e. The molecule has 11 heavy (non-hydrogen) atoms. The van der Waals surface area contributed by atoms with Crippen molar-refractivity contribution < 1.29 is 9.53 Å². The minimum absolute atomic E-state index is 0.0799. The van der Waals surface area contributed by atoms with Gasteiger partial charge in [-0.2, -0.15) is 0 Å². The second-order valence-corrected chi connectivity index (χ2v) is 2.44. The molecule has 1 aliphatic rings. The van der Waals surface area contributed by atoms with Crippen molar-refractivity contribution in [2.75, 3.05) is 19.7 Å².